The Kier molecular flexibility index (Phi) is 4.71. The molecule has 0 atom stereocenters. The zero-order valence-corrected chi connectivity index (χ0v) is 15.9. The summed E-state index contributed by atoms with van der Waals surface area (Å²) >= 11 is 0. The van der Waals surface area contributed by atoms with Crippen molar-refractivity contribution in [1.82, 2.24) is 9.97 Å². The van der Waals surface area contributed by atoms with E-state index >= 15 is 0 Å². The Morgan fingerprint density at radius 2 is 1.90 bits per heavy atom. The third kappa shape index (κ3) is 4.20. The summed E-state index contributed by atoms with van der Waals surface area (Å²) in [5.41, 5.74) is 2.29. The minimum absolute atomic E-state index is 0.0964. The zero-order chi connectivity index (χ0) is 20.8. The number of amides is 1. The number of alkyl halides is 3. The molecule has 2 aliphatic rings. The van der Waals surface area contributed by atoms with E-state index in [0.717, 1.165) is 18.4 Å². The minimum Gasteiger partial charge on any atom is -0.406 e. The molecule has 1 aromatic heterocycles. The summed E-state index contributed by atoms with van der Waals surface area (Å²) in [6.45, 7) is 2.06. The lowest BCUT2D eigenvalue weighted by atomic mass is 9.76. The van der Waals surface area contributed by atoms with Crippen molar-refractivity contribution in [1.29, 1.82) is 0 Å². The molecule has 29 heavy (non-hydrogen) atoms. The van der Waals surface area contributed by atoms with Crippen LogP contribution >= 0.6 is 0 Å². The maximum absolute atomic E-state index is 12.2. The summed E-state index contributed by atoms with van der Waals surface area (Å²) in [5.74, 6) is 1.12. The van der Waals surface area contributed by atoms with Crippen LogP contribution in [-0.4, -0.2) is 41.9 Å². The van der Waals surface area contributed by atoms with E-state index in [2.05, 4.69) is 25.3 Å². The van der Waals surface area contributed by atoms with Crippen molar-refractivity contribution in [3.05, 3.63) is 35.5 Å². The van der Waals surface area contributed by atoms with Crippen LogP contribution in [0, 0.1) is 6.92 Å². The van der Waals surface area contributed by atoms with Gasteiger partial charge in [-0.25, -0.2) is 4.98 Å². The van der Waals surface area contributed by atoms with Crippen LogP contribution in [0.2, 0.25) is 0 Å². The Hall–Kier alpha value is -3.04. The molecule has 0 bridgehead atoms. The highest BCUT2D eigenvalue weighted by Gasteiger charge is 2.33. The van der Waals surface area contributed by atoms with Crippen LogP contribution in [0.4, 0.5) is 30.6 Å². The summed E-state index contributed by atoms with van der Waals surface area (Å²) in [6.07, 6.45) is -3.03. The molecule has 1 aliphatic heterocycles. The monoisotopic (exact) mass is 407 g/mol. The lowest BCUT2D eigenvalue weighted by Gasteiger charge is -2.36. The molecule has 2 heterocycles. The first kappa shape index (κ1) is 19.3. The first-order chi connectivity index (χ1) is 13.7. The predicted octanol–water partition coefficient (Wildman–Crippen LogP) is 3.43. The maximum Gasteiger partial charge on any atom is 0.573 e. The fourth-order valence-electron chi connectivity index (χ4n) is 3.65. The number of rotatable bonds is 4. The van der Waals surface area contributed by atoms with Crippen molar-refractivity contribution in [2.75, 3.05) is 29.1 Å². The Morgan fingerprint density at radius 3 is 2.55 bits per heavy atom. The standard InChI is InChI=1S/C19H20F3N5O2/c1-10-16-17(27(2)9-15(28)25-16)26-18(23-10)24-13-7-12(8-13)11-3-5-14(6-4-11)29-19(20,21)22/h3-6,12-13H,7-9H2,1-2H3,(H,25,28)(H,23,24,26). The van der Waals surface area contributed by atoms with Gasteiger partial charge in [-0.05, 0) is 43.4 Å². The van der Waals surface area contributed by atoms with Crippen molar-refractivity contribution in [2.45, 2.75) is 38.1 Å². The van der Waals surface area contributed by atoms with Crippen molar-refractivity contribution in [3.63, 3.8) is 0 Å². The molecule has 0 unspecified atom stereocenters. The number of benzene rings is 1. The van der Waals surface area contributed by atoms with Crippen molar-refractivity contribution in [3.8, 4) is 5.75 Å². The highest BCUT2D eigenvalue weighted by atomic mass is 19.4. The Balaban J connectivity index is 1.37. The van der Waals surface area contributed by atoms with Crippen molar-refractivity contribution in [2.24, 2.45) is 0 Å². The second-order valence-electron chi connectivity index (χ2n) is 7.36. The second kappa shape index (κ2) is 7.09. The molecule has 10 heteroatoms. The first-order valence-corrected chi connectivity index (χ1v) is 9.20. The van der Waals surface area contributed by atoms with E-state index in [-0.39, 0.29) is 30.2 Å². The molecule has 1 aliphatic carbocycles. The van der Waals surface area contributed by atoms with Gasteiger partial charge in [-0.3, -0.25) is 4.79 Å². The van der Waals surface area contributed by atoms with Gasteiger partial charge < -0.3 is 20.3 Å². The number of nitrogens with one attached hydrogen (secondary N) is 2. The lowest BCUT2D eigenvalue weighted by molar-refractivity contribution is -0.274. The Morgan fingerprint density at radius 1 is 1.21 bits per heavy atom. The van der Waals surface area contributed by atoms with Gasteiger partial charge in [-0.1, -0.05) is 12.1 Å². The summed E-state index contributed by atoms with van der Waals surface area (Å²) in [4.78, 5) is 22.4. The van der Waals surface area contributed by atoms with Gasteiger partial charge >= 0.3 is 6.36 Å². The number of anilines is 3. The van der Waals surface area contributed by atoms with E-state index in [1.165, 1.54) is 12.1 Å². The van der Waals surface area contributed by atoms with Crippen molar-refractivity contribution >= 4 is 23.4 Å². The first-order valence-electron chi connectivity index (χ1n) is 9.20. The van der Waals surface area contributed by atoms with Crippen LogP contribution in [0.5, 0.6) is 5.75 Å². The van der Waals surface area contributed by atoms with E-state index < -0.39 is 6.36 Å². The number of aromatic nitrogens is 2. The average Bonchev–Trinajstić information content (AvgIpc) is 2.58. The summed E-state index contributed by atoms with van der Waals surface area (Å²) in [5, 5.41) is 6.11. The van der Waals surface area contributed by atoms with Crippen LogP contribution in [0.15, 0.2) is 24.3 Å². The molecular formula is C19H20F3N5O2. The van der Waals surface area contributed by atoms with Gasteiger partial charge in [0.15, 0.2) is 5.82 Å². The van der Waals surface area contributed by atoms with Gasteiger partial charge in [0.2, 0.25) is 11.9 Å². The predicted molar refractivity (Wildman–Crippen MR) is 101 cm³/mol. The molecular weight excluding hydrogens is 387 g/mol. The molecule has 1 amide bonds. The van der Waals surface area contributed by atoms with Crippen LogP contribution in [-0.2, 0) is 4.79 Å². The lowest BCUT2D eigenvalue weighted by Crippen LogP contribution is -2.38. The quantitative estimate of drug-likeness (QED) is 0.809. The smallest absolute Gasteiger partial charge is 0.406 e. The molecule has 2 aromatic rings. The maximum atomic E-state index is 12.2. The Bertz CT molecular complexity index is 927. The number of nitrogens with zero attached hydrogens (tertiary/aromatic N) is 3. The molecule has 1 aromatic carbocycles. The van der Waals surface area contributed by atoms with E-state index in [0.29, 0.717) is 23.1 Å². The SMILES string of the molecule is Cc1nc(NC2CC(c3ccc(OC(F)(F)F)cc3)C2)nc2c1NC(=O)CN2C. The van der Waals surface area contributed by atoms with E-state index in [4.69, 9.17) is 0 Å². The topological polar surface area (TPSA) is 79.4 Å². The number of likely N-dealkylation sites (N-methyl/N-ethyl adjacent to an activating group) is 1. The third-order valence-corrected chi connectivity index (χ3v) is 5.13. The number of carbonyl (C=O) groups is 1. The van der Waals surface area contributed by atoms with Gasteiger partial charge in [0.25, 0.3) is 0 Å². The third-order valence-electron chi connectivity index (χ3n) is 5.13. The number of halogens is 3. The number of fused-ring (bicyclic) bond motifs is 1. The molecule has 0 saturated heterocycles. The molecule has 1 saturated carbocycles. The normalized spacial score (nSPS) is 21.1. The van der Waals surface area contributed by atoms with E-state index in [9.17, 15) is 18.0 Å². The molecule has 0 radical (unpaired) electrons. The van der Waals surface area contributed by atoms with Gasteiger partial charge in [-0.15, -0.1) is 13.2 Å². The molecule has 1 fully saturated rings. The summed E-state index contributed by atoms with van der Waals surface area (Å²) < 4.78 is 40.6. The summed E-state index contributed by atoms with van der Waals surface area (Å²) in [6, 6.07) is 6.18. The Labute approximate surface area is 165 Å². The average molecular weight is 407 g/mol. The molecule has 154 valence electrons. The van der Waals surface area contributed by atoms with Gasteiger partial charge in [0.05, 0.1) is 12.2 Å². The summed E-state index contributed by atoms with van der Waals surface area (Å²) in [7, 11) is 1.80. The van der Waals surface area contributed by atoms with E-state index in [1.807, 2.05) is 6.92 Å². The zero-order valence-electron chi connectivity index (χ0n) is 15.9. The van der Waals surface area contributed by atoms with Gasteiger partial charge in [0.1, 0.15) is 11.4 Å². The highest BCUT2D eigenvalue weighted by molar-refractivity contribution is 6.00. The number of ether oxygens (including phenoxy) is 1. The fourth-order valence-corrected chi connectivity index (χ4v) is 3.65. The molecule has 0 spiro atoms. The molecule has 2 N–H and O–H groups in total. The largest absolute Gasteiger partial charge is 0.573 e. The van der Waals surface area contributed by atoms with E-state index in [1.54, 1.807) is 24.1 Å². The highest BCUT2D eigenvalue weighted by Crippen LogP contribution is 2.39. The van der Waals surface area contributed by atoms with Crippen LogP contribution in [0.3, 0.4) is 0 Å². The van der Waals surface area contributed by atoms with Crippen LogP contribution < -0.4 is 20.3 Å². The van der Waals surface area contributed by atoms with Gasteiger partial charge in [-0.2, -0.15) is 4.98 Å². The number of carbonyl (C=O) groups excluding carboxylic acids is 1. The molecule has 4 rings (SSSR count). The number of aryl methyl sites for hydroxylation is 1. The fraction of sp³-hybridized carbons (Fsp3) is 0.421. The van der Waals surface area contributed by atoms with Crippen molar-refractivity contribution < 1.29 is 22.7 Å². The minimum atomic E-state index is -4.68. The van der Waals surface area contributed by atoms with Crippen LogP contribution in [0.1, 0.15) is 30.0 Å². The molecule has 7 nitrogen and oxygen atoms in total. The number of hydrogen-bond acceptors (Lipinski definition) is 6. The van der Waals surface area contributed by atoms with Gasteiger partial charge in [0, 0.05) is 13.1 Å². The van der Waals surface area contributed by atoms with Crippen LogP contribution in [0.25, 0.3) is 0 Å². The number of hydrogen-bond donors (Lipinski definition) is 2. The second-order valence-corrected chi connectivity index (χ2v) is 7.36.